The summed E-state index contributed by atoms with van der Waals surface area (Å²) in [5.74, 6) is 0. The van der Waals surface area contributed by atoms with Crippen molar-refractivity contribution >= 4 is 10.8 Å². The quantitative estimate of drug-likeness (QED) is 0.293. The zero-order valence-electron chi connectivity index (χ0n) is 13.7. The molecule has 0 saturated heterocycles. The van der Waals surface area contributed by atoms with Gasteiger partial charge in [-0.05, 0) is 24.7 Å². The van der Waals surface area contributed by atoms with Crippen molar-refractivity contribution < 1.29 is 60.2 Å². The number of rotatable bonds is 1. The summed E-state index contributed by atoms with van der Waals surface area (Å²) >= 11 is 0. The molecule has 3 aromatic carbocycles. The van der Waals surface area contributed by atoms with Crippen molar-refractivity contribution in [2.45, 2.75) is 13.8 Å². The topological polar surface area (TPSA) is 4.93 Å². The summed E-state index contributed by atoms with van der Waals surface area (Å²) in [6, 6.07) is 23.0. The molecule has 1 aromatic heterocycles. The molecule has 0 fully saturated rings. The van der Waals surface area contributed by atoms with Gasteiger partial charge in [-0.3, -0.25) is 0 Å². The van der Waals surface area contributed by atoms with E-state index < -0.39 is 0 Å². The van der Waals surface area contributed by atoms with Crippen molar-refractivity contribution in [3.8, 4) is 5.69 Å². The van der Waals surface area contributed by atoms with Crippen LogP contribution in [0.25, 0.3) is 16.5 Å². The van der Waals surface area contributed by atoms with Gasteiger partial charge >= 0.3 is 26.2 Å². The Morgan fingerprint density at radius 1 is 0.833 bits per heavy atom. The molecule has 4 heteroatoms. The van der Waals surface area contributed by atoms with Crippen LogP contribution in [0.1, 0.15) is 11.1 Å². The molecule has 0 unspecified atom stereocenters. The van der Waals surface area contributed by atoms with E-state index in [0.717, 1.165) is 0 Å². The van der Waals surface area contributed by atoms with Crippen molar-refractivity contribution in [3.63, 3.8) is 0 Å². The standard InChI is InChI=1S/C15H14N.C5H5.2BrH.Zr/c1-11-5-6-12(2)15-10-13(9-14(11)15)16-7-3-4-8-16;1-2-4-5-3-1;;;/h3-10H,1-2H3;1-5H;2*1H;/q2*-1;;;+4/p-2. The number of benzene rings is 1. The molecule has 0 spiro atoms. The van der Waals surface area contributed by atoms with E-state index in [4.69, 9.17) is 0 Å². The van der Waals surface area contributed by atoms with Gasteiger partial charge in [0.2, 0.25) is 0 Å². The second-order valence-corrected chi connectivity index (χ2v) is 5.29. The number of hydrogen-bond donors (Lipinski definition) is 0. The second-order valence-electron chi connectivity index (χ2n) is 5.29. The fraction of sp³-hybridized carbons (Fsp3) is 0.100. The Bertz CT molecular complexity index is 759. The number of aryl methyl sites for hydroxylation is 2. The van der Waals surface area contributed by atoms with Crippen molar-refractivity contribution in [1.29, 1.82) is 0 Å². The number of aromatic nitrogens is 1. The Balaban J connectivity index is 0.000000578. The van der Waals surface area contributed by atoms with E-state index >= 15 is 0 Å². The predicted molar refractivity (Wildman–Crippen MR) is 90.4 cm³/mol. The molecule has 0 bridgehead atoms. The first-order valence-electron chi connectivity index (χ1n) is 7.22. The predicted octanol–water partition coefficient (Wildman–Crippen LogP) is -0.623. The van der Waals surface area contributed by atoms with Gasteiger partial charge in [-0.25, -0.2) is 12.1 Å². The van der Waals surface area contributed by atoms with Gasteiger partial charge in [-0.1, -0.05) is 18.6 Å². The maximum absolute atomic E-state index is 2.26. The molecule has 0 aliphatic heterocycles. The Hall–Kier alpha value is -0.697. The first kappa shape index (κ1) is 23.3. The monoisotopic (exact) mass is 521 g/mol. The zero-order chi connectivity index (χ0) is 14.7. The molecule has 4 aromatic rings. The third-order valence-corrected chi connectivity index (χ3v) is 3.77. The largest absolute Gasteiger partial charge is 4.00 e. The van der Waals surface area contributed by atoms with Gasteiger partial charge in [-0.2, -0.15) is 18.2 Å². The summed E-state index contributed by atoms with van der Waals surface area (Å²) in [6.45, 7) is 4.34. The van der Waals surface area contributed by atoms with E-state index in [1.165, 1.54) is 27.6 Å². The maximum Gasteiger partial charge on any atom is 4.00 e. The molecule has 0 N–H and O–H groups in total. The summed E-state index contributed by atoms with van der Waals surface area (Å²) in [6.07, 6.45) is 4.16. The third-order valence-electron chi connectivity index (χ3n) is 3.77. The van der Waals surface area contributed by atoms with Crippen molar-refractivity contribution in [3.05, 3.63) is 90.3 Å². The number of nitrogens with zero attached hydrogens (tertiary/aromatic N) is 1. The van der Waals surface area contributed by atoms with Crippen molar-refractivity contribution in [1.82, 2.24) is 4.57 Å². The van der Waals surface area contributed by atoms with Gasteiger partial charge in [0, 0.05) is 12.4 Å². The van der Waals surface area contributed by atoms with Crippen LogP contribution in [0.15, 0.2) is 79.1 Å². The van der Waals surface area contributed by atoms with E-state index in [0.29, 0.717) is 0 Å². The molecule has 0 radical (unpaired) electrons. The van der Waals surface area contributed by atoms with Gasteiger partial charge < -0.3 is 38.5 Å². The van der Waals surface area contributed by atoms with Crippen LogP contribution >= 0.6 is 0 Å². The van der Waals surface area contributed by atoms with Gasteiger partial charge in [0.25, 0.3) is 0 Å². The van der Waals surface area contributed by atoms with Gasteiger partial charge in [0.15, 0.2) is 0 Å². The summed E-state index contributed by atoms with van der Waals surface area (Å²) in [4.78, 5) is 0. The SMILES string of the molecule is Cc1ccc(C)c2[cH-]c(-n3cccc3)cc12.[Br-].[Br-].[Zr+4].c1cc[cH-]c1. The van der Waals surface area contributed by atoms with Gasteiger partial charge in [-0.15, -0.1) is 34.5 Å². The number of fused-ring (bicyclic) bond motifs is 1. The summed E-state index contributed by atoms with van der Waals surface area (Å²) < 4.78 is 2.15. The normalized spacial score (nSPS) is 9.08. The minimum absolute atomic E-state index is 0. The molecule has 0 aliphatic carbocycles. The minimum atomic E-state index is 0. The molecule has 24 heavy (non-hydrogen) atoms. The van der Waals surface area contributed by atoms with Gasteiger partial charge in [0.1, 0.15) is 0 Å². The molecule has 4 rings (SSSR count). The molecule has 0 aliphatic rings. The van der Waals surface area contributed by atoms with Crippen LogP contribution in [-0.4, -0.2) is 4.57 Å². The Labute approximate surface area is 184 Å². The van der Waals surface area contributed by atoms with E-state index in [2.05, 4.69) is 67.2 Å². The van der Waals surface area contributed by atoms with Crippen LogP contribution in [0.2, 0.25) is 0 Å². The van der Waals surface area contributed by atoms with Gasteiger partial charge in [0.05, 0.1) is 0 Å². The summed E-state index contributed by atoms with van der Waals surface area (Å²) in [7, 11) is 0. The average molecular weight is 524 g/mol. The van der Waals surface area contributed by atoms with Crippen LogP contribution in [0, 0.1) is 13.8 Å². The minimum Gasteiger partial charge on any atom is -1.00 e. The Kier molecular flexibility index (Phi) is 10.7. The first-order valence-corrected chi connectivity index (χ1v) is 7.22. The van der Waals surface area contributed by atoms with Crippen LogP contribution < -0.4 is 34.0 Å². The Morgan fingerprint density at radius 3 is 1.92 bits per heavy atom. The van der Waals surface area contributed by atoms with Crippen molar-refractivity contribution in [2.75, 3.05) is 0 Å². The second kappa shape index (κ2) is 11.0. The average Bonchev–Trinajstić information content (AvgIpc) is 3.26. The molecule has 1 heterocycles. The van der Waals surface area contributed by atoms with E-state index in [1.54, 1.807) is 0 Å². The molecular formula is C20H19Br2NZr. The summed E-state index contributed by atoms with van der Waals surface area (Å²) in [5.41, 5.74) is 3.94. The van der Waals surface area contributed by atoms with E-state index in [-0.39, 0.29) is 60.2 Å². The smallest absolute Gasteiger partial charge is 1.00 e. The van der Waals surface area contributed by atoms with Crippen molar-refractivity contribution in [2.24, 2.45) is 0 Å². The molecular weight excluding hydrogens is 505 g/mol. The van der Waals surface area contributed by atoms with Crippen LogP contribution in [0.3, 0.4) is 0 Å². The van der Waals surface area contributed by atoms with Crippen LogP contribution in [0.5, 0.6) is 0 Å². The van der Waals surface area contributed by atoms with E-state index in [1.807, 2.05) is 30.3 Å². The van der Waals surface area contributed by atoms with Crippen LogP contribution in [0.4, 0.5) is 0 Å². The number of hydrogen-bond acceptors (Lipinski definition) is 0. The molecule has 0 atom stereocenters. The molecule has 0 saturated carbocycles. The zero-order valence-corrected chi connectivity index (χ0v) is 19.3. The first-order chi connectivity index (χ1) is 10.3. The molecule has 0 amide bonds. The van der Waals surface area contributed by atoms with E-state index in [9.17, 15) is 0 Å². The third kappa shape index (κ3) is 5.41. The fourth-order valence-electron chi connectivity index (χ4n) is 2.55. The summed E-state index contributed by atoms with van der Waals surface area (Å²) in [5, 5.41) is 2.73. The van der Waals surface area contributed by atoms with Crippen LogP contribution in [-0.2, 0) is 26.2 Å². The number of halogens is 2. The molecule has 122 valence electrons. The molecule has 1 nitrogen and oxygen atoms in total. The maximum atomic E-state index is 2.26. The fourth-order valence-corrected chi connectivity index (χ4v) is 2.55. The Morgan fingerprint density at radius 2 is 1.42 bits per heavy atom.